The van der Waals surface area contributed by atoms with Gasteiger partial charge in [0.15, 0.2) is 5.82 Å². The van der Waals surface area contributed by atoms with Crippen LogP contribution in [0.25, 0.3) is 0 Å². The Morgan fingerprint density at radius 2 is 2.19 bits per heavy atom. The maximum atomic E-state index is 12.8. The Morgan fingerprint density at radius 3 is 2.81 bits per heavy atom. The molecule has 9 heteroatoms. The number of rotatable bonds is 3. The lowest BCUT2D eigenvalue weighted by atomic mass is 10.0. The van der Waals surface area contributed by atoms with Crippen molar-refractivity contribution in [2.75, 3.05) is 6.54 Å². The third-order valence-electron chi connectivity index (χ3n) is 3.61. The Morgan fingerprint density at radius 1 is 1.38 bits per heavy atom. The van der Waals surface area contributed by atoms with Crippen molar-refractivity contribution in [3.8, 4) is 0 Å². The van der Waals surface area contributed by atoms with Crippen molar-refractivity contribution < 1.29 is 8.42 Å². The normalized spacial score (nSPS) is 20.8. The highest BCUT2D eigenvalue weighted by molar-refractivity contribution is 7.91. The van der Waals surface area contributed by atoms with E-state index in [-0.39, 0.29) is 10.3 Å². The maximum Gasteiger partial charge on any atom is 0.253 e. The Labute approximate surface area is 132 Å². The van der Waals surface area contributed by atoms with Crippen LogP contribution in [0.15, 0.2) is 22.7 Å². The van der Waals surface area contributed by atoms with Gasteiger partial charge >= 0.3 is 0 Å². The smallest absolute Gasteiger partial charge is 0.253 e. The summed E-state index contributed by atoms with van der Waals surface area (Å²) in [4.78, 5) is 0. The molecule has 0 aromatic carbocycles. The Balaban J connectivity index is 2.00. The first-order valence-corrected chi connectivity index (χ1v) is 9.24. The molecule has 6 nitrogen and oxygen atoms in total. The van der Waals surface area contributed by atoms with Gasteiger partial charge in [0, 0.05) is 13.6 Å². The number of aryl methyl sites for hydroxylation is 1. The molecule has 1 aliphatic rings. The van der Waals surface area contributed by atoms with Crippen LogP contribution in [0.3, 0.4) is 0 Å². The molecule has 1 aliphatic heterocycles. The monoisotopic (exact) mass is 346 g/mol. The molecule has 1 atom stereocenters. The zero-order valence-electron chi connectivity index (χ0n) is 11.4. The third kappa shape index (κ3) is 2.73. The lowest BCUT2D eigenvalue weighted by Crippen LogP contribution is -2.39. The van der Waals surface area contributed by atoms with Gasteiger partial charge < -0.3 is 4.57 Å². The number of nitrogens with zero attached hydrogens (tertiary/aromatic N) is 4. The van der Waals surface area contributed by atoms with Crippen LogP contribution in [-0.4, -0.2) is 34.0 Å². The molecule has 0 saturated carbocycles. The Bertz CT molecular complexity index is 740. The van der Waals surface area contributed by atoms with E-state index in [0.29, 0.717) is 16.7 Å². The Kier molecular flexibility index (Phi) is 4.04. The molecule has 21 heavy (non-hydrogen) atoms. The molecular weight excluding hydrogens is 332 g/mol. The molecule has 1 saturated heterocycles. The molecule has 0 amide bonds. The van der Waals surface area contributed by atoms with Gasteiger partial charge in [-0.25, -0.2) is 8.42 Å². The average molecular weight is 347 g/mol. The lowest BCUT2D eigenvalue weighted by molar-refractivity contribution is 0.243. The summed E-state index contributed by atoms with van der Waals surface area (Å²) < 4.78 is 29.7. The molecule has 0 spiro atoms. The topological polar surface area (TPSA) is 68.1 Å². The summed E-state index contributed by atoms with van der Waals surface area (Å²) in [6.45, 7) is 0.495. The second kappa shape index (κ2) is 5.68. The number of aromatic nitrogens is 3. The van der Waals surface area contributed by atoms with E-state index >= 15 is 0 Å². The molecule has 2 aromatic rings. The second-order valence-corrected chi connectivity index (χ2v) is 8.82. The predicted molar refractivity (Wildman–Crippen MR) is 80.8 cm³/mol. The quantitative estimate of drug-likeness (QED) is 0.856. The van der Waals surface area contributed by atoms with E-state index in [4.69, 9.17) is 11.6 Å². The minimum absolute atomic E-state index is 0.267. The first-order valence-electron chi connectivity index (χ1n) is 6.61. The fourth-order valence-corrected chi connectivity index (χ4v) is 5.86. The minimum Gasteiger partial charge on any atom is -0.319 e. The van der Waals surface area contributed by atoms with Crippen LogP contribution in [0.4, 0.5) is 0 Å². The number of hydrogen-bond donors (Lipinski definition) is 0. The van der Waals surface area contributed by atoms with Crippen LogP contribution in [0.5, 0.6) is 0 Å². The van der Waals surface area contributed by atoms with Gasteiger partial charge in [0.05, 0.1) is 10.4 Å². The Hall–Kier alpha value is -0.960. The van der Waals surface area contributed by atoms with Gasteiger partial charge in [-0.15, -0.1) is 21.5 Å². The van der Waals surface area contributed by atoms with Crippen molar-refractivity contribution in [2.24, 2.45) is 7.05 Å². The molecule has 0 unspecified atom stereocenters. The highest BCUT2D eigenvalue weighted by Crippen LogP contribution is 2.36. The van der Waals surface area contributed by atoms with Crippen LogP contribution in [0.2, 0.25) is 4.34 Å². The maximum absolute atomic E-state index is 12.8. The van der Waals surface area contributed by atoms with Crippen molar-refractivity contribution in [1.29, 1.82) is 0 Å². The van der Waals surface area contributed by atoms with Crippen molar-refractivity contribution in [3.05, 3.63) is 28.6 Å². The first kappa shape index (κ1) is 15.0. The predicted octanol–water partition coefficient (Wildman–Crippen LogP) is 2.45. The van der Waals surface area contributed by atoms with Crippen LogP contribution >= 0.6 is 22.9 Å². The fourth-order valence-electron chi connectivity index (χ4n) is 2.60. The lowest BCUT2D eigenvalue weighted by Gasteiger charge is -2.33. The number of piperidine rings is 1. The zero-order chi connectivity index (χ0) is 15.0. The standard InChI is InChI=1S/C12H15ClN4O2S2/c1-16-8-14-15-12(16)9-4-2-3-7-17(9)21(18,19)11-6-5-10(13)20-11/h5-6,8-9H,2-4,7H2,1H3/t9-/m1/s1. The molecule has 0 bridgehead atoms. The molecule has 2 aromatic heterocycles. The summed E-state index contributed by atoms with van der Waals surface area (Å²) in [7, 11) is -1.72. The van der Waals surface area contributed by atoms with Crippen LogP contribution in [-0.2, 0) is 17.1 Å². The summed E-state index contributed by atoms with van der Waals surface area (Å²) in [5.74, 6) is 0.681. The highest BCUT2D eigenvalue weighted by Gasteiger charge is 2.37. The summed E-state index contributed by atoms with van der Waals surface area (Å²) in [6.07, 6.45) is 4.18. The van der Waals surface area contributed by atoms with E-state index in [1.54, 1.807) is 23.0 Å². The number of halogens is 1. The second-order valence-electron chi connectivity index (χ2n) is 4.99. The van der Waals surface area contributed by atoms with E-state index in [1.807, 2.05) is 7.05 Å². The van der Waals surface area contributed by atoms with Gasteiger partial charge in [0.2, 0.25) is 0 Å². The van der Waals surface area contributed by atoms with E-state index in [9.17, 15) is 8.42 Å². The van der Waals surface area contributed by atoms with Crippen LogP contribution in [0, 0.1) is 0 Å². The van der Waals surface area contributed by atoms with Gasteiger partial charge in [-0.3, -0.25) is 0 Å². The molecule has 1 fully saturated rings. The first-order chi connectivity index (χ1) is 10.00. The molecular formula is C12H15ClN4O2S2. The van der Waals surface area contributed by atoms with Gasteiger partial charge in [-0.2, -0.15) is 4.31 Å². The average Bonchev–Trinajstić information content (AvgIpc) is 3.08. The summed E-state index contributed by atoms with van der Waals surface area (Å²) in [6, 6.07) is 2.91. The molecule has 114 valence electrons. The third-order valence-corrected chi connectivity index (χ3v) is 7.22. The molecule has 3 rings (SSSR count). The van der Waals surface area contributed by atoms with Gasteiger partial charge in [0.1, 0.15) is 10.5 Å². The largest absolute Gasteiger partial charge is 0.319 e. The van der Waals surface area contributed by atoms with Gasteiger partial charge in [-0.05, 0) is 25.0 Å². The van der Waals surface area contributed by atoms with Crippen molar-refractivity contribution >= 4 is 33.0 Å². The van der Waals surface area contributed by atoms with Crippen molar-refractivity contribution in [2.45, 2.75) is 29.5 Å². The number of thiophene rings is 1. The molecule has 0 aliphatic carbocycles. The van der Waals surface area contributed by atoms with Gasteiger partial charge in [0.25, 0.3) is 10.0 Å². The van der Waals surface area contributed by atoms with Gasteiger partial charge in [-0.1, -0.05) is 18.0 Å². The van der Waals surface area contributed by atoms with E-state index in [0.717, 1.165) is 30.6 Å². The molecule has 3 heterocycles. The SMILES string of the molecule is Cn1cnnc1[C@H]1CCCCN1S(=O)(=O)c1ccc(Cl)s1. The van der Waals surface area contributed by atoms with Crippen molar-refractivity contribution in [3.63, 3.8) is 0 Å². The van der Waals surface area contributed by atoms with E-state index in [2.05, 4.69) is 10.2 Å². The van der Waals surface area contributed by atoms with E-state index < -0.39 is 10.0 Å². The van der Waals surface area contributed by atoms with Crippen molar-refractivity contribution in [1.82, 2.24) is 19.1 Å². The molecule has 0 radical (unpaired) electrons. The number of hydrogen-bond acceptors (Lipinski definition) is 5. The fraction of sp³-hybridized carbons (Fsp3) is 0.500. The number of sulfonamides is 1. The van der Waals surface area contributed by atoms with Crippen LogP contribution in [0.1, 0.15) is 31.1 Å². The summed E-state index contributed by atoms with van der Waals surface area (Å²) in [5.41, 5.74) is 0. The van der Waals surface area contributed by atoms with E-state index in [1.165, 1.54) is 4.31 Å². The molecule has 0 N–H and O–H groups in total. The highest BCUT2D eigenvalue weighted by atomic mass is 35.5. The zero-order valence-corrected chi connectivity index (χ0v) is 13.8. The minimum atomic E-state index is -3.55. The summed E-state index contributed by atoms with van der Waals surface area (Å²) in [5, 5.41) is 7.95. The van der Waals surface area contributed by atoms with Crippen LogP contribution < -0.4 is 0 Å². The summed E-state index contributed by atoms with van der Waals surface area (Å²) >= 11 is 6.96.